The fourth-order valence-electron chi connectivity index (χ4n) is 1.91. The number of nitrogens with one attached hydrogen (secondary N) is 1. The maximum absolute atomic E-state index is 3.27. The predicted molar refractivity (Wildman–Crippen MR) is 105 cm³/mol. The third-order valence-electron chi connectivity index (χ3n) is 3.00. The van der Waals surface area contributed by atoms with E-state index in [4.69, 9.17) is 0 Å². The summed E-state index contributed by atoms with van der Waals surface area (Å²) in [6.07, 6.45) is 3.13. The maximum atomic E-state index is 3.27. The molecule has 122 valence electrons. The molecule has 0 spiro atoms. The summed E-state index contributed by atoms with van der Waals surface area (Å²) in [5, 5.41) is 0. The van der Waals surface area contributed by atoms with Crippen LogP contribution in [0.5, 0.6) is 0 Å². The fraction of sp³-hybridized carbons (Fsp3) is 0.400. The van der Waals surface area contributed by atoms with Gasteiger partial charge < -0.3 is 0 Å². The van der Waals surface area contributed by atoms with Crippen LogP contribution in [0.15, 0.2) is 48.5 Å². The normalized spacial score (nSPS) is 9.18. The van der Waals surface area contributed by atoms with Crippen LogP contribution in [-0.2, 0) is 6.42 Å². The van der Waals surface area contributed by atoms with Gasteiger partial charge in [0, 0.05) is 6.54 Å². The Kier molecular flexibility index (Phi) is 12.7. The average Bonchev–Trinajstić information content (AvgIpc) is 2.60. The average molecular weight is 318 g/mol. The first-order chi connectivity index (χ1) is 10.8. The number of aryl methyl sites for hydroxylation is 1. The molecule has 2 rings (SSSR count). The summed E-state index contributed by atoms with van der Waals surface area (Å²) in [4.78, 5) is 0. The van der Waals surface area contributed by atoms with Gasteiger partial charge in [0.15, 0.2) is 0 Å². The van der Waals surface area contributed by atoms with Gasteiger partial charge in [-0.05, 0) is 36.3 Å². The van der Waals surface area contributed by atoms with Crippen molar-refractivity contribution in [2.75, 3.05) is 12.8 Å². The van der Waals surface area contributed by atoms with E-state index >= 15 is 0 Å². The van der Waals surface area contributed by atoms with Crippen molar-refractivity contribution >= 4 is 11.9 Å². The Morgan fingerprint density at radius 2 is 1.23 bits per heavy atom. The van der Waals surface area contributed by atoms with Crippen molar-refractivity contribution in [3.8, 4) is 11.1 Å². The summed E-state index contributed by atoms with van der Waals surface area (Å²) >= 11 is 1.67. The van der Waals surface area contributed by atoms with E-state index in [9.17, 15) is 0 Å². The minimum absolute atomic E-state index is 1.02. The van der Waals surface area contributed by atoms with Gasteiger partial charge >= 0.3 is 0 Å². The van der Waals surface area contributed by atoms with Gasteiger partial charge in [-0.25, -0.2) is 0 Å². The smallest absolute Gasteiger partial charge is 0.00989 e. The summed E-state index contributed by atoms with van der Waals surface area (Å²) in [7, 11) is 0. The van der Waals surface area contributed by atoms with Crippen LogP contribution in [0, 0.1) is 6.92 Å². The lowest BCUT2D eigenvalue weighted by atomic mass is 10.0. The third kappa shape index (κ3) is 7.67. The molecule has 0 radical (unpaired) electrons. The summed E-state index contributed by atoms with van der Waals surface area (Å²) in [5.41, 5.74) is 5.26. The van der Waals surface area contributed by atoms with Gasteiger partial charge in [-0.1, -0.05) is 93.7 Å². The maximum Gasteiger partial charge on any atom is 0.00989 e. The Hall–Kier alpha value is -1.25. The number of benzene rings is 2. The van der Waals surface area contributed by atoms with Crippen LogP contribution in [0.1, 0.15) is 38.8 Å². The highest BCUT2D eigenvalue weighted by molar-refractivity contribution is 7.96. The Balaban J connectivity index is 0.00000102. The van der Waals surface area contributed by atoms with Crippen molar-refractivity contribution in [2.24, 2.45) is 0 Å². The van der Waals surface area contributed by atoms with Crippen LogP contribution in [-0.4, -0.2) is 12.8 Å². The van der Waals surface area contributed by atoms with Gasteiger partial charge in [0.05, 0.1) is 0 Å². The van der Waals surface area contributed by atoms with E-state index in [1.807, 2.05) is 27.7 Å². The van der Waals surface area contributed by atoms with Crippen molar-refractivity contribution < 1.29 is 0 Å². The summed E-state index contributed by atoms with van der Waals surface area (Å²) in [6.45, 7) is 11.1. The largest absolute Gasteiger partial charge is 0.264 e. The monoisotopic (exact) mass is 317 g/mol. The van der Waals surface area contributed by atoms with Crippen molar-refractivity contribution in [1.29, 1.82) is 0 Å². The van der Waals surface area contributed by atoms with E-state index in [0.717, 1.165) is 13.0 Å². The highest BCUT2D eigenvalue weighted by Crippen LogP contribution is 2.20. The molecular weight excluding hydrogens is 286 g/mol. The Labute approximate surface area is 141 Å². The predicted octanol–water partition coefficient (Wildman–Crippen LogP) is 6.12. The zero-order valence-electron chi connectivity index (χ0n) is 14.9. The molecule has 0 aliphatic carbocycles. The molecule has 0 unspecified atom stereocenters. The summed E-state index contributed by atoms with van der Waals surface area (Å²) in [5.74, 6) is 0. The molecule has 2 aromatic carbocycles. The highest BCUT2D eigenvalue weighted by Gasteiger charge is 1.98. The van der Waals surface area contributed by atoms with Crippen LogP contribution in [0.4, 0.5) is 0 Å². The molecule has 0 fully saturated rings. The van der Waals surface area contributed by atoms with E-state index in [0.29, 0.717) is 0 Å². The molecule has 0 aromatic heterocycles. The second kappa shape index (κ2) is 13.4. The molecule has 0 saturated heterocycles. The first kappa shape index (κ1) is 20.8. The van der Waals surface area contributed by atoms with Gasteiger partial charge in [-0.15, -0.1) is 0 Å². The molecule has 1 nitrogen and oxygen atoms in total. The lowest BCUT2D eigenvalue weighted by molar-refractivity contribution is 0.910. The SMILES string of the molecule is CC.CC.CSNCCc1ccc(-c2ccc(C)cc2)cc1. The molecule has 0 saturated carbocycles. The zero-order chi connectivity index (χ0) is 16.8. The molecule has 0 bridgehead atoms. The Morgan fingerprint density at radius 3 is 1.68 bits per heavy atom. The van der Waals surface area contributed by atoms with Crippen LogP contribution in [0.3, 0.4) is 0 Å². The first-order valence-corrected chi connectivity index (χ1v) is 9.44. The molecule has 0 aliphatic heterocycles. The molecule has 0 heterocycles. The summed E-state index contributed by atoms with van der Waals surface area (Å²) in [6, 6.07) is 17.5. The minimum atomic E-state index is 1.02. The molecular formula is C20H31NS. The van der Waals surface area contributed by atoms with Crippen LogP contribution >= 0.6 is 11.9 Å². The number of rotatable bonds is 5. The van der Waals surface area contributed by atoms with Crippen molar-refractivity contribution in [3.63, 3.8) is 0 Å². The van der Waals surface area contributed by atoms with E-state index in [1.54, 1.807) is 11.9 Å². The lowest BCUT2D eigenvalue weighted by Gasteiger charge is -2.05. The quantitative estimate of drug-likeness (QED) is 0.526. The van der Waals surface area contributed by atoms with Crippen LogP contribution in [0.2, 0.25) is 0 Å². The highest BCUT2D eigenvalue weighted by atomic mass is 32.2. The Morgan fingerprint density at radius 1 is 0.773 bits per heavy atom. The second-order valence-electron chi connectivity index (χ2n) is 4.41. The third-order valence-corrected chi connectivity index (χ3v) is 3.49. The van der Waals surface area contributed by atoms with Gasteiger partial charge in [0.2, 0.25) is 0 Å². The second-order valence-corrected chi connectivity index (χ2v) is 5.11. The molecule has 2 heteroatoms. The van der Waals surface area contributed by atoms with E-state index in [-0.39, 0.29) is 0 Å². The van der Waals surface area contributed by atoms with Crippen LogP contribution < -0.4 is 4.72 Å². The minimum Gasteiger partial charge on any atom is -0.264 e. The number of hydrogen-bond acceptors (Lipinski definition) is 2. The van der Waals surface area contributed by atoms with Crippen LogP contribution in [0.25, 0.3) is 11.1 Å². The summed E-state index contributed by atoms with van der Waals surface area (Å²) < 4.78 is 3.27. The fourth-order valence-corrected chi connectivity index (χ4v) is 2.21. The van der Waals surface area contributed by atoms with E-state index in [2.05, 4.69) is 66.4 Å². The van der Waals surface area contributed by atoms with Crippen molar-refractivity contribution in [1.82, 2.24) is 4.72 Å². The lowest BCUT2D eigenvalue weighted by Crippen LogP contribution is -2.07. The van der Waals surface area contributed by atoms with Gasteiger partial charge in [0.25, 0.3) is 0 Å². The molecule has 2 aromatic rings. The van der Waals surface area contributed by atoms with E-state index in [1.165, 1.54) is 22.3 Å². The van der Waals surface area contributed by atoms with Gasteiger partial charge in [-0.2, -0.15) is 0 Å². The molecule has 22 heavy (non-hydrogen) atoms. The van der Waals surface area contributed by atoms with Crippen molar-refractivity contribution in [2.45, 2.75) is 41.0 Å². The topological polar surface area (TPSA) is 12.0 Å². The van der Waals surface area contributed by atoms with Crippen molar-refractivity contribution in [3.05, 3.63) is 59.7 Å². The molecule has 0 aliphatic rings. The Bertz CT molecular complexity index is 474. The molecule has 0 atom stereocenters. The van der Waals surface area contributed by atoms with Gasteiger partial charge in [-0.3, -0.25) is 4.72 Å². The zero-order valence-corrected chi connectivity index (χ0v) is 15.8. The standard InChI is InChI=1S/C16H19NS.2C2H6/c1-13-3-7-15(8-4-13)16-9-5-14(6-10-16)11-12-17-18-2;2*1-2/h3-10,17H,11-12H2,1-2H3;2*1-2H3. The number of hydrogen-bond donors (Lipinski definition) is 1. The van der Waals surface area contributed by atoms with E-state index < -0.39 is 0 Å². The molecule has 1 N–H and O–H groups in total. The molecule has 0 amide bonds. The van der Waals surface area contributed by atoms with Gasteiger partial charge in [0.1, 0.15) is 0 Å². The first-order valence-electron chi connectivity index (χ1n) is 8.21.